The van der Waals surface area contributed by atoms with Gasteiger partial charge in [-0.15, -0.1) is 0 Å². The molecule has 32 heavy (non-hydrogen) atoms. The Morgan fingerprint density at radius 2 is 2.00 bits per heavy atom. The second-order valence-electron chi connectivity index (χ2n) is 8.46. The van der Waals surface area contributed by atoms with E-state index in [1.807, 2.05) is 24.3 Å². The van der Waals surface area contributed by atoms with Gasteiger partial charge in [0.25, 0.3) is 0 Å². The lowest BCUT2D eigenvalue weighted by Crippen LogP contribution is -2.40. The van der Waals surface area contributed by atoms with E-state index in [1.165, 1.54) is 11.1 Å². The van der Waals surface area contributed by atoms with Crippen LogP contribution in [0.4, 0.5) is 0 Å². The van der Waals surface area contributed by atoms with Crippen molar-refractivity contribution < 1.29 is 9.32 Å². The maximum atomic E-state index is 12.5. The maximum absolute atomic E-state index is 12.5. The van der Waals surface area contributed by atoms with Gasteiger partial charge in [0.2, 0.25) is 17.6 Å². The number of nitrogens with one attached hydrogen (secondary N) is 1. The van der Waals surface area contributed by atoms with Crippen molar-refractivity contribution in [3.8, 4) is 11.4 Å². The first kappa shape index (κ1) is 22.5. The highest BCUT2D eigenvalue weighted by molar-refractivity contribution is 6.30. The largest absolute Gasteiger partial charge is 0.356 e. The van der Waals surface area contributed by atoms with Crippen LogP contribution in [0.5, 0.6) is 0 Å². The maximum Gasteiger partial charge on any atom is 0.241 e. The summed E-state index contributed by atoms with van der Waals surface area (Å²) in [6.45, 7) is 5.11. The Balaban J connectivity index is 1.17. The first-order valence-electron chi connectivity index (χ1n) is 11.2. The molecule has 3 aromatic rings. The van der Waals surface area contributed by atoms with Crippen LogP contribution in [0.15, 0.2) is 53.1 Å². The fourth-order valence-corrected chi connectivity index (χ4v) is 4.31. The normalized spacial score (nSPS) is 15.1. The summed E-state index contributed by atoms with van der Waals surface area (Å²) < 4.78 is 5.42. The first-order chi connectivity index (χ1) is 15.6. The third-order valence-corrected chi connectivity index (χ3v) is 6.13. The van der Waals surface area contributed by atoms with Gasteiger partial charge in [0, 0.05) is 23.0 Å². The molecule has 6 nitrogen and oxygen atoms in total. The second-order valence-corrected chi connectivity index (χ2v) is 8.89. The summed E-state index contributed by atoms with van der Waals surface area (Å²) in [5.41, 5.74) is 3.44. The van der Waals surface area contributed by atoms with Crippen molar-refractivity contribution >= 4 is 17.5 Å². The van der Waals surface area contributed by atoms with Crippen LogP contribution in [0.1, 0.15) is 36.3 Å². The monoisotopic (exact) mass is 452 g/mol. The van der Waals surface area contributed by atoms with Gasteiger partial charge in [-0.1, -0.05) is 58.7 Å². The number of carbonyl (C=O) groups excluding carboxylic acids is 1. The van der Waals surface area contributed by atoms with Crippen molar-refractivity contribution in [2.45, 2.75) is 39.2 Å². The van der Waals surface area contributed by atoms with Gasteiger partial charge in [-0.25, -0.2) is 0 Å². The zero-order chi connectivity index (χ0) is 22.3. The zero-order valence-electron chi connectivity index (χ0n) is 18.4. The van der Waals surface area contributed by atoms with E-state index in [4.69, 9.17) is 16.1 Å². The topological polar surface area (TPSA) is 71.3 Å². The summed E-state index contributed by atoms with van der Waals surface area (Å²) >= 11 is 6.04. The molecule has 168 valence electrons. The van der Waals surface area contributed by atoms with Crippen LogP contribution in [-0.2, 0) is 17.8 Å². The molecular formula is C25H29ClN4O2. The number of nitrogens with zero attached hydrogens (tertiary/aromatic N) is 3. The molecule has 1 aromatic heterocycles. The lowest BCUT2D eigenvalue weighted by atomic mass is 9.96. The number of aromatic nitrogens is 2. The summed E-state index contributed by atoms with van der Waals surface area (Å²) in [5, 5.41) is 7.83. The van der Waals surface area contributed by atoms with Gasteiger partial charge >= 0.3 is 0 Å². The number of hydrogen-bond acceptors (Lipinski definition) is 5. The van der Waals surface area contributed by atoms with Crippen LogP contribution in [0, 0.1) is 12.8 Å². The van der Waals surface area contributed by atoms with Crippen LogP contribution >= 0.6 is 11.6 Å². The molecule has 1 saturated heterocycles. The molecule has 2 heterocycles. The molecule has 0 spiro atoms. The second kappa shape index (κ2) is 10.7. The SMILES string of the molecule is Cc1cccc(CCCNC(=O)C2CCN(Cc3nc(-c4cccc(Cl)c4)no3)CC2)c1. The highest BCUT2D eigenvalue weighted by atomic mass is 35.5. The Labute approximate surface area is 194 Å². The molecule has 4 rings (SSSR count). The first-order valence-corrected chi connectivity index (χ1v) is 11.6. The summed E-state index contributed by atoms with van der Waals surface area (Å²) in [7, 11) is 0. The molecule has 0 aliphatic carbocycles. The third kappa shape index (κ3) is 6.17. The quantitative estimate of drug-likeness (QED) is 0.503. The Kier molecular flexibility index (Phi) is 7.55. The molecule has 1 fully saturated rings. The summed E-state index contributed by atoms with van der Waals surface area (Å²) in [5.74, 6) is 1.38. The van der Waals surface area contributed by atoms with Gasteiger partial charge in [-0.3, -0.25) is 9.69 Å². The van der Waals surface area contributed by atoms with Crippen LogP contribution in [0.3, 0.4) is 0 Å². The van der Waals surface area contributed by atoms with Gasteiger partial charge in [-0.05, 0) is 63.4 Å². The molecule has 7 heteroatoms. The number of carbonyl (C=O) groups is 1. The van der Waals surface area contributed by atoms with Crippen molar-refractivity contribution in [3.63, 3.8) is 0 Å². The number of likely N-dealkylation sites (tertiary alicyclic amines) is 1. The number of benzene rings is 2. The van der Waals surface area contributed by atoms with Crippen LogP contribution in [0.25, 0.3) is 11.4 Å². The van der Waals surface area contributed by atoms with E-state index in [0.717, 1.165) is 50.9 Å². The van der Waals surface area contributed by atoms with E-state index >= 15 is 0 Å². The predicted octanol–water partition coefficient (Wildman–Crippen LogP) is 4.66. The molecule has 1 aliphatic heterocycles. The third-order valence-electron chi connectivity index (χ3n) is 5.89. The number of hydrogen-bond donors (Lipinski definition) is 1. The predicted molar refractivity (Wildman–Crippen MR) is 125 cm³/mol. The number of amides is 1. The van der Waals surface area contributed by atoms with Gasteiger partial charge in [0.1, 0.15) is 0 Å². The van der Waals surface area contributed by atoms with Gasteiger partial charge in [0.15, 0.2) is 0 Å². The molecule has 1 amide bonds. The lowest BCUT2D eigenvalue weighted by Gasteiger charge is -2.30. The number of piperidine rings is 1. The van der Waals surface area contributed by atoms with Gasteiger partial charge < -0.3 is 9.84 Å². The molecular weight excluding hydrogens is 424 g/mol. The zero-order valence-corrected chi connectivity index (χ0v) is 19.1. The minimum Gasteiger partial charge on any atom is -0.356 e. The van der Waals surface area contributed by atoms with Crippen molar-refractivity contribution in [1.82, 2.24) is 20.4 Å². The average molecular weight is 453 g/mol. The van der Waals surface area contributed by atoms with Crippen molar-refractivity contribution in [2.75, 3.05) is 19.6 Å². The Morgan fingerprint density at radius 3 is 2.78 bits per heavy atom. The highest BCUT2D eigenvalue weighted by Crippen LogP contribution is 2.22. The summed E-state index contributed by atoms with van der Waals surface area (Å²) in [4.78, 5) is 19.3. The standard InChI is InChI=1S/C25H29ClN4O2/c1-18-5-2-6-19(15-18)7-4-12-27-25(31)20-10-13-30(14-11-20)17-23-28-24(29-32-23)21-8-3-9-22(26)16-21/h2-3,5-6,8-9,15-16,20H,4,7,10-14,17H2,1H3,(H,27,31). The molecule has 1 aliphatic rings. The molecule has 0 unspecified atom stereocenters. The molecule has 0 atom stereocenters. The number of halogens is 1. The van der Waals surface area contributed by atoms with Gasteiger partial charge in [0.05, 0.1) is 6.54 Å². The van der Waals surface area contributed by atoms with E-state index in [-0.39, 0.29) is 11.8 Å². The van der Waals surface area contributed by atoms with Crippen molar-refractivity contribution in [1.29, 1.82) is 0 Å². The minimum atomic E-state index is 0.0786. The fourth-order valence-electron chi connectivity index (χ4n) is 4.12. The fraction of sp³-hybridized carbons (Fsp3) is 0.400. The molecule has 0 radical (unpaired) electrons. The highest BCUT2D eigenvalue weighted by Gasteiger charge is 2.25. The molecule has 2 aromatic carbocycles. The van der Waals surface area contributed by atoms with E-state index < -0.39 is 0 Å². The minimum absolute atomic E-state index is 0.0786. The van der Waals surface area contributed by atoms with Crippen LogP contribution in [-0.4, -0.2) is 40.6 Å². The van der Waals surface area contributed by atoms with E-state index in [0.29, 0.717) is 23.3 Å². The van der Waals surface area contributed by atoms with Crippen LogP contribution in [0.2, 0.25) is 5.02 Å². The molecule has 0 saturated carbocycles. The molecule has 1 N–H and O–H groups in total. The van der Waals surface area contributed by atoms with Crippen LogP contribution < -0.4 is 5.32 Å². The van der Waals surface area contributed by atoms with E-state index in [2.05, 4.69) is 51.5 Å². The Hall–Kier alpha value is -2.70. The number of rotatable bonds is 8. The van der Waals surface area contributed by atoms with E-state index in [9.17, 15) is 4.79 Å². The average Bonchev–Trinajstić information content (AvgIpc) is 3.26. The molecule has 0 bridgehead atoms. The van der Waals surface area contributed by atoms with Crippen molar-refractivity contribution in [3.05, 3.63) is 70.6 Å². The smallest absolute Gasteiger partial charge is 0.241 e. The Bertz CT molecular complexity index is 1040. The number of aryl methyl sites for hydroxylation is 2. The van der Waals surface area contributed by atoms with Crippen molar-refractivity contribution in [2.24, 2.45) is 5.92 Å². The summed E-state index contributed by atoms with van der Waals surface area (Å²) in [6, 6.07) is 16.0. The Morgan fingerprint density at radius 1 is 1.19 bits per heavy atom. The van der Waals surface area contributed by atoms with E-state index in [1.54, 1.807) is 0 Å². The summed E-state index contributed by atoms with van der Waals surface area (Å²) in [6.07, 6.45) is 3.64. The van der Waals surface area contributed by atoms with Gasteiger partial charge in [-0.2, -0.15) is 4.98 Å². The lowest BCUT2D eigenvalue weighted by molar-refractivity contribution is -0.126.